The van der Waals surface area contributed by atoms with Crippen LogP contribution in [-0.2, 0) is 11.2 Å². The molecule has 1 amide bonds. The Morgan fingerprint density at radius 1 is 0.970 bits per heavy atom. The van der Waals surface area contributed by atoms with Gasteiger partial charge in [0.2, 0.25) is 5.91 Å². The van der Waals surface area contributed by atoms with Crippen LogP contribution < -0.4 is 5.32 Å². The van der Waals surface area contributed by atoms with Gasteiger partial charge in [0, 0.05) is 22.0 Å². The first-order chi connectivity index (χ1) is 15.9. The summed E-state index contributed by atoms with van der Waals surface area (Å²) in [6.07, 6.45) is 0.965. The fraction of sp³-hybridized carbons (Fsp3) is 0.192. The average Bonchev–Trinajstić information content (AvgIpc) is 3.24. The highest BCUT2D eigenvalue weighted by Gasteiger charge is 2.17. The third-order valence-electron chi connectivity index (χ3n) is 5.46. The maximum Gasteiger partial charge on any atom is 0.234 e. The summed E-state index contributed by atoms with van der Waals surface area (Å²) in [5.74, 6) is 0.832. The van der Waals surface area contributed by atoms with E-state index in [0.29, 0.717) is 16.0 Å². The topological polar surface area (TPSA) is 59.8 Å². The molecule has 168 valence electrons. The largest absolute Gasteiger partial charge is 0.325 e. The number of nitrogens with zero attached hydrogens (tertiary/aromatic N) is 3. The van der Waals surface area contributed by atoms with E-state index in [-0.39, 0.29) is 11.7 Å². The Hall–Kier alpha value is -3.09. The van der Waals surface area contributed by atoms with Crippen molar-refractivity contribution in [1.29, 1.82) is 0 Å². The number of hydrogen-bond acceptors (Lipinski definition) is 4. The fourth-order valence-corrected chi connectivity index (χ4v) is 4.29. The lowest BCUT2D eigenvalue weighted by Crippen LogP contribution is -2.14. The molecule has 0 saturated carbocycles. The number of benzene rings is 3. The Balaban J connectivity index is 1.59. The van der Waals surface area contributed by atoms with E-state index < -0.39 is 0 Å². The van der Waals surface area contributed by atoms with Crippen LogP contribution in [0.5, 0.6) is 0 Å². The number of aryl methyl sites for hydroxylation is 3. The zero-order valence-corrected chi connectivity index (χ0v) is 20.4. The van der Waals surface area contributed by atoms with Crippen molar-refractivity contribution in [1.82, 2.24) is 14.8 Å². The first kappa shape index (κ1) is 23.1. The van der Waals surface area contributed by atoms with Gasteiger partial charge in [0.25, 0.3) is 0 Å². The second kappa shape index (κ2) is 10.2. The molecular formula is C26H25ClN4OS. The first-order valence-corrected chi connectivity index (χ1v) is 12.1. The molecule has 3 aromatic carbocycles. The molecule has 0 fully saturated rings. The standard InChI is InChI=1S/C26H25ClN4OS/c1-4-19-6-13-23(14-7-19)31-25(20-8-10-21(27)11-9-20)29-30-26(31)33-16-24(32)28-22-12-5-17(2)18(3)15-22/h5-15H,4,16H2,1-3H3,(H,28,32). The van der Waals surface area contributed by atoms with E-state index in [1.807, 2.05) is 54.0 Å². The Labute approximate surface area is 203 Å². The number of thioether (sulfide) groups is 1. The van der Waals surface area contributed by atoms with Crippen LogP contribution in [0.4, 0.5) is 5.69 Å². The van der Waals surface area contributed by atoms with Crippen LogP contribution in [0.15, 0.2) is 71.9 Å². The Morgan fingerprint density at radius 2 is 1.70 bits per heavy atom. The number of anilines is 1. The summed E-state index contributed by atoms with van der Waals surface area (Å²) in [6, 6.07) is 21.7. The van der Waals surface area contributed by atoms with Gasteiger partial charge in [0.15, 0.2) is 11.0 Å². The number of aromatic nitrogens is 3. The number of rotatable bonds is 7. The molecule has 0 atom stereocenters. The molecule has 1 heterocycles. The van der Waals surface area contributed by atoms with E-state index >= 15 is 0 Å². The van der Waals surface area contributed by atoms with Crippen LogP contribution in [0, 0.1) is 13.8 Å². The van der Waals surface area contributed by atoms with Gasteiger partial charge in [-0.1, -0.05) is 48.5 Å². The van der Waals surface area contributed by atoms with Crippen molar-refractivity contribution in [2.45, 2.75) is 32.3 Å². The highest BCUT2D eigenvalue weighted by atomic mass is 35.5. The summed E-state index contributed by atoms with van der Waals surface area (Å²) >= 11 is 7.43. The van der Waals surface area contributed by atoms with Crippen molar-refractivity contribution in [2.24, 2.45) is 0 Å². The minimum Gasteiger partial charge on any atom is -0.325 e. The molecule has 4 aromatic rings. The zero-order valence-electron chi connectivity index (χ0n) is 18.8. The Morgan fingerprint density at radius 3 is 2.36 bits per heavy atom. The predicted octanol–water partition coefficient (Wildman–Crippen LogP) is 6.50. The molecular weight excluding hydrogens is 452 g/mol. The number of hydrogen-bond donors (Lipinski definition) is 1. The summed E-state index contributed by atoms with van der Waals surface area (Å²) in [5, 5.41) is 13.1. The third-order valence-corrected chi connectivity index (χ3v) is 6.64. The van der Waals surface area contributed by atoms with E-state index in [2.05, 4.69) is 53.6 Å². The van der Waals surface area contributed by atoms with E-state index in [4.69, 9.17) is 11.6 Å². The van der Waals surface area contributed by atoms with Crippen molar-refractivity contribution < 1.29 is 4.79 Å². The number of halogens is 1. The Bertz CT molecular complexity index is 1270. The van der Waals surface area contributed by atoms with Gasteiger partial charge in [-0.15, -0.1) is 10.2 Å². The fourth-order valence-electron chi connectivity index (χ4n) is 3.41. The van der Waals surface area contributed by atoms with Gasteiger partial charge in [-0.2, -0.15) is 0 Å². The molecule has 0 bridgehead atoms. The van der Waals surface area contributed by atoms with E-state index in [1.54, 1.807) is 0 Å². The first-order valence-electron chi connectivity index (χ1n) is 10.7. The van der Waals surface area contributed by atoms with Crippen LogP contribution in [0.2, 0.25) is 5.02 Å². The SMILES string of the molecule is CCc1ccc(-n2c(SCC(=O)Nc3ccc(C)c(C)c3)nnc2-c2ccc(Cl)cc2)cc1. The van der Waals surface area contributed by atoms with Crippen LogP contribution >= 0.6 is 23.4 Å². The van der Waals surface area contributed by atoms with Crippen molar-refractivity contribution in [3.8, 4) is 17.1 Å². The van der Waals surface area contributed by atoms with Crippen molar-refractivity contribution in [3.63, 3.8) is 0 Å². The molecule has 0 unspecified atom stereocenters. The zero-order chi connectivity index (χ0) is 23.4. The minimum atomic E-state index is -0.0906. The molecule has 1 N–H and O–H groups in total. The summed E-state index contributed by atoms with van der Waals surface area (Å²) in [7, 11) is 0. The molecule has 1 aromatic heterocycles. The lowest BCUT2D eigenvalue weighted by Gasteiger charge is -2.11. The second-order valence-electron chi connectivity index (χ2n) is 7.80. The quantitative estimate of drug-likeness (QED) is 0.309. The van der Waals surface area contributed by atoms with E-state index in [0.717, 1.165) is 28.9 Å². The molecule has 0 spiro atoms. The van der Waals surface area contributed by atoms with Gasteiger partial charge in [-0.05, 0) is 85.5 Å². The van der Waals surface area contributed by atoms with E-state index in [1.165, 1.54) is 22.9 Å². The van der Waals surface area contributed by atoms with Gasteiger partial charge in [-0.25, -0.2) is 0 Å². The molecule has 5 nitrogen and oxygen atoms in total. The van der Waals surface area contributed by atoms with Gasteiger partial charge in [0.05, 0.1) is 5.75 Å². The smallest absolute Gasteiger partial charge is 0.234 e. The van der Waals surface area contributed by atoms with Crippen LogP contribution in [0.25, 0.3) is 17.1 Å². The third kappa shape index (κ3) is 5.46. The van der Waals surface area contributed by atoms with Gasteiger partial charge >= 0.3 is 0 Å². The van der Waals surface area contributed by atoms with Gasteiger partial charge < -0.3 is 5.32 Å². The second-order valence-corrected chi connectivity index (χ2v) is 9.18. The number of amides is 1. The maximum absolute atomic E-state index is 12.6. The number of carbonyl (C=O) groups excluding carboxylic acids is 1. The molecule has 0 aliphatic rings. The molecule has 0 radical (unpaired) electrons. The van der Waals surface area contributed by atoms with Crippen molar-refractivity contribution >= 4 is 35.0 Å². The van der Waals surface area contributed by atoms with Crippen molar-refractivity contribution in [2.75, 3.05) is 11.1 Å². The Kier molecular flexibility index (Phi) is 7.16. The van der Waals surface area contributed by atoms with E-state index in [9.17, 15) is 4.79 Å². The molecule has 0 aliphatic heterocycles. The van der Waals surface area contributed by atoms with Crippen molar-refractivity contribution in [3.05, 3.63) is 88.4 Å². The maximum atomic E-state index is 12.6. The van der Waals surface area contributed by atoms with Gasteiger partial charge in [-0.3, -0.25) is 9.36 Å². The highest BCUT2D eigenvalue weighted by molar-refractivity contribution is 7.99. The molecule has 4 rings (SSSR count). The summed E-state index contributed by atoms with van der Waals surface area (Å²) in [4.78, 5) is 12.6. The van der Waals surface area contributed by atoms with Gasteiger partial charge in [0.1, 0.15) is 0 Å². The normalized spacial score (nSPS) is 10.9. The summed E-state index contributed by atoms with van der Waals surface area (Å²) < 4.78 is 1.98. The molecule has 7 heteroatoms. The van der Waals surface area contributed by atoms with Crippen LogP contribution in [0.1, 0.15) is 23.6 Å². The highest BCUT2D eigenvalue weighted by Crippen LogP contribution is 2.29. The molecule has 33 heavy (non-hydrogen) atoms. The molecule has 0 aliphatic carbocycles. The van der Waals surface area contributed by atoms with Crippen LogP contribution in [0.3, 0.4) is 0 Å². The predicted molar refractivity (Wildman–Crippen MR) is 136 cm³/mol. The lowest BCUT2D eigenvalue weighted by atomic mass is 10.1. The number of nitrogens with one attached hydrogen (secondary N) is 1. The number of carbonyl (C=O) groups is 1. The molecule has 0 saturated heterocycles. The minimum absolute atomic E-state index is 0.0906. The summed E-state index contributed by atoms with van der Waals surface area (Å²) in [6.45, 7) is 6.21. The average molecular weight is 477 g/mol. The summed E-state index contributed by atoms with van der Waals surface area (Å²) in [5.41, 5.74) is 6.23. The monoisotopic (exact) mass is 476 g/mol. The van der Waals surface area contributed by atoms with Crippen LogP contribution in [-0.4, -0.2) is 26.4 Å². The lowest BCUT2D eigenvalue weighted by molar-refractivity contribution is -0.113.